The molecule has 0 fully saturated rings. The lowest BCUT2D eigenvalue weighted by Gasteiger charge is -2.14. The number of aromatic nitrogens is 2. The Kier molecular flexibility index (Phi) is 4.80. The van der Waals surface area contributed by atoms with Crippen molar-refractivity contribution < 1.29 is 4.42 Å². The predicted molar refractivity (Wildman–Crippen MR) is 75.9 cm³/mol. The van der Waals surface area contributed by atoms with Crippen molar-refractivity contribution in [2.75, 3.05) is 0 Å². The molecular formula is C15H23N3O. The summed E-state index contributed by atoms with van der Waals surface area (Å²) >= 11 is 0. The fraction of sp³-hybridized carbons (Fsp3) is 0.533. The molecule has 0 bridgehead atoms. The van der Waals surface area contributed by atoms with Crippen LogP contribution in [0.25, 0.3) is 0 Å². The summed E-state index contributed by atoms with van der Waals surface area (Å²) in [5, 5.41) is 7.86. The van der Waals surface area contributed by atoms with Crippen molar-refractivity contribution >= 4 is 0 Å². The topological polar surface area (TPSA) is 43.0 Å². The van der Waals surface area contributed by atoms with Crippen LogP contribution in [0.15, 0.2) is 28.9 Å². The maximum atomic E-state index is 5.71. The average Bonchev–Trinajstić information content (AvgIpc) is 3.08. The standard InChI is InChI=1S/C15H23N3O/c1-4-13-7-8-14(19-13)10-16-15(5-2)12-9-17-18(6-3)11-12/h7-9,11,15-16H,4-6,10H2,1-3H3/t15-/m1/s1. The SMILES string of the molecule is CCc1ccc(CN[C@H](CC)c2cnn(CC)c2)o1. The monoisotopic (exact) mass is 261 g/mol. The highest BCUT2D eigenvalue weighted by Gasteiger charge is 2.11. The first kappa shape index (κ1) is 13.9. The Morgan fingerprint density at radius 2 is 2.05 bits per heavy atom. The normalized spacial score (nSPS) is 12.8. The van der Waals surface area contributed by atoms with Crippen molar-refractivity contribution in [2.45, 2.75) is 52.7 Å². The van der Waals surface area contributed by atoms with Gasteiger partial charge in [-0.3, -0.25) is 4.68 Å². The third-order valence-corrected chi connectivity index (χ3v) is 3.38. The molecule has 0 saturated heterocycles. The molecule has 0 aliphatic heterocycles. The van der Waals surface area contributed by atoms with Gasteiger partial charge in [0.15, 0.2) is 0 Å². The highest BCUT2D eigenvalue weighted by Crippen LogP contribution is 2.17. The Morgan fingerprint density at radius 1 is 1.26 bits per heavy atom. The Hall–Kier alpha value is -1.55. The molecule has 0 radical (unpaired) electrons. The van der Waals surface area contributed by atoms with Crippen LogP contribution in [0.5, 0.6) is 0 Å². The molecule has 2 rings (SSSR count). The van der Waals surface area contributed by atoms with Gasteiger partial charge in [0.2, 0.25) is 0 Å². The van der Waals surface area contributed by atoms with Gasteiger partial charge < -0.3 is 9.73 Å². The van der Waals surface area contributed by atoms with Gasteiger partial charge in [0.05, 0.1) is 12.7 Å². The summed E-state index contributed by atoms with van der Waals surface area (Å²) in [6, 6.07) is 4.43. The highest BCUT2D eigenvalue weighted by molar-refractivity contribution is 5.11. The summed E-state index contributed by atoms with van der Waals surface area (Å²) in [5.74, 6) is 2.04. The van der Waals surface area contributed by atoms with E-state index in [0.29, 0.717) is 6.04 Å². The zero-order chi connectivity index (χ0) is 13.7. The van der Waals surface area contributed by atoms with E-state index in [1.165, 1.54) is 5.56 Å². The second-order valence-corrected chi connectivity index (χ2v) is 4.69. The van der Waals surface area contributed by atoms with Gasteiger partial charge in [0.25, 0.3) is 0 Å². The number of rotatable bonds is 7. The minimum absolute atomic E-state index is 0.329. The molecule has 4 nitrogen and oxygen atoms in total. The van der Waals surface area contributed by atoms with Crippen molar-refractivity contribution in [3.63, 3.8) is 0 Å². The van der Waals surface area contributed by atoms with Gasteiger partial charge >= 0.3 is 0 Å². The molecule has 2 aromatic rings. The molecule has 1 N–H and O–H groups in total. The predicted octanol–water partition coefficient (Wildman–Crippen LogP) is 3.30. The van der Waals surface area contributed by atoms with E-state index in [9.17, 15) is 0 Å². The quantitative estimate of drug-likeness (QED) is 0.831. The van der Waals surface area contributed by atoms with E-state index in [4.69, 9.17) is 4.42 Å². The molecule has 0 amide bonds. The Morgan fingerprint density at radius 3 is 2.63 bits per heavy atom. The summed E-state index contributed by atoms with van der Waals surface area (Å²) in [6.45, 7) is 8.05. The molecule has 0 aliphatic carbocycles. The van der Waals surface area contributed by atoms with E-state index >= 15 is 0 Å². The van der Waals surface area contributed by atoms with Gasteiger partial charge in [-0.1, -0.05) is 13.8 Å². The molecule has 4 heteroatoms. The Labute approximate surface area is 114 Å². The van der Waals surface area contributed by atoms with Crippen LogP contribution in [0.3, 0.4) is 0 Å². The molecule has 0 spiro atoms. The zero-order valence-electron chi connectivity index (χ0n) is 12.0. The molecule has 0 aromatic carbocycles. The fourth-order valence-electron chi connectivity index (χ4n) is 2.16. The summed E-state index contributed by atoms with van der Waals surface area (Å²) in [7, 11) is 0. The van der Waals surface area contributed by atoms with Gasteiger partial charge in [-0.05, 0) is 25.5 Å². The smallest absolute Gasteiger partial charge is 0.117 e. The first-order chi connectivity index (χ1) is 9.26. The summed E-state index contributed by atoms with van der Waals surface area (Å²) in [6.07, 6.45) is 6.04. The number of nitrogens with zero attached hydrogens (tertiary/aromatic N) is 2. The highest BCUT2D eigenvalue weighted by atomic mass is 16.3. The Balaban J connectivity index is 1.95. The molecule has 0 unspecified atom stereocenters. The minimum atomic E-state index is 0.329. The molecule has 2 heterocycles. The van der Waals surface area contributed by atoms with Gasteiger partial charge in [0, 0.05) is 30.8 Å². The second-order valence-electron chi connectivity index (χ2n) is 4.69. The molecule has 0 saturated carbocycles. The van der Waals surface area contributed by atoms with Crippen LogP contribution in [0.1, 0.15) is 50.3 Å². The second kappa shape index (κ2) is 6.57. The van der Waals surface area contributed by atoms with Crippen LogP contribution in [-0.4, -0.2) is 9.78 Å². The van der Waals surface area contributed by atoms with E-state index in [1.807, 2.05) is 23.0 Å². The van der Waals surface area contributed by atoms with Crippen LogP contribution < -0.4 is 5.32 Å². The van der Waals surface area contributed by atoms with Crippen LogP contribution in [0, 0.1) is 0 Å². The molecule has 104 valence electrons. The Bertz CT molecular complexity index is 501. The number of nitrogens with one attached hydrogen (secondary N) is 1. The first-order valence-electron chi connectivity index (χ1n) is 7.10. The lowest BCUT2D eigenvalue weighted by atomic mass is 10.1. The number of aryl methyl sites for hydroxylation is 2. The molecule has 19 heavy (non-hydrogen) atoms. The van der Waals surface area contributed by atoms with Crippen LogP contribution in [0.4, 0.5) is 0 Å². The molecular weight excluding hydrogens is 238 g/mol. The van der Waals surface area contributed by atoms with Gasteiger partial charge in [-0.15, -0.1) is 0 Å². The number of hydrogen-bond donors (Lipinski definition) is 1. The maximum Gasteiger partial charge on any atom is 0.117 e. The van der Waals surface area contributed by atoms with Gasteiger partial charge in [0.1, 0.15) is 11.5 Å². The van der Waals surface area contributed by atoms with Crippen molar-refractivity contribution in [3.05, 3.63) is 41.6 Å². The summed E-state index contributed by atoms with van der Waals surface area (Å²) in [5.41, 5.74) is 1.24. The van der Waals surface area contributed by atoms with Crippen molar-refractivity contribution in [1.82, 2.24) is 15.1 Å². The summed E-state index contributed by atoms with van der Waals surface area (Å²) in [4.78, 5) is 0. The van der Waals surface area contributed by atoms with Crippen LogP contribution in [-0.2, 0) is 19.5 Å². The lowest BCUT2D eigenvalue weighted by molar-refractivity contribution is 0.423. The molecule has 2 aromatic heterocycles. The largest absolute Gasteiger partial charge is 0.465 e. The summed E-state index contributed by atoms with van der Waals surface area (Å²) < 4.78 is 7.67. The third-order valence-electron chi connectivity index (χ3n) is 3.38. The molecule has 1 atom stereocenters. The van der Waals surface area contributed by atoms with Crippen molar-refractivity contribution in [3.8, 4) is 0 Å². The van der Waals surface area contributed by atoms with Crippen LogP contribution >= 0.6 is 0 Å². The van der Waals surface area contributed by atoms with Gasteiger partial charge in [-0.2, -0.15) is 5.10 Å². The van der Waals surface area contributed by atoms with E-state index < -0.39 is 0 Å². The van der Waals surface area contributed by atoms with Gasteiger partial charge in [-0.25, -0.2) is 0 Å². The van der Waals surface area contributed by atoms with Crippen molar-refractivity contribution in [1.29, 1.82) is 0 Å². The maximum absolute atomic E-state index is 5.71. The van der Waals surface area contributed by atoms with E-state index in [2.05, 4.69) is 37.4 Å². The first-order valence-corrected chi connectivity index (χ1v) is 7.10. The fourth-order valence-corrected chi connectivity index (χ4v) is 2.16. The number of furan rings is 1. The third kappa shape index (κ3) is 3.47. The van der Waals surface area contributed by atoms with E-state index in [0.717, 1.165) is 37.5 Å². The average molecular weight is 261 g/mol. The molecule has 0 aliphatic rings. The van der Waals surface area contributed by atoms with Crippen molar-refractivity contribution in [2.24, 2.45) is 0 Å². The van der Waals surface area contributed by atoms with E-state index in [1.54, 1.807) is 0 Å². The number of hydrogen-bond acceptors (Lipinski definition) is 3. The van der Waals surface area contributed by atoms with Crippen LogP contribution in [0.2, 0.25) is 0 Å². The van der Waals surface area contributed by atoms with E-state index in [-0.39, 0.29) is 0 Å². The lowest BCUT2D eigenvalue weighted by Crippen LogP contribution is -2.19. The zero-order valence-corrected chi connectivity index (χ0v) is 12.0. The minimum Gasteiger partial charge on any atom is -0.465 e.